The molecule has 1 N–H and O–H groups in total. The molecule has 1 aliphatic carbocycles. The van der Waals surface area contributed by atoms with Crippen molar-refractivity contribution in [2.75, 3.05) is 0 Å². The molecule has 1 aromatic rings. The monoisotopic (exact) mass is 304 g/mol. The normalized spacial score (nSPS) is 32.6. The van der Waals surface area contributed by atoms with Crippen molar-refractivity contribution in [1.29, 1.82) is 0 Å². The zero-order chi connectivity index (χ0) is 15.3. The summed E-state index contributed by atoms with van der Waals surface area (Å²) in [6.45, 7) is 0. The van der Waals surface area contributed by atoms with Crippen molar-refractivity contribution >= 4 is 0 Å². The summed E-state index contributed by atoms with van der Waals surface area (Å²) < 4.78 is 57.9. The van der Waals surface area contributed by atoms with Crippen LogP contribution in [0, 0.1) is 11.7 Å². The Bertz CT molecular complexity index is 543. The van der Waals surface area contributed by atoms with E-state index in [1.165, 1.54) is 12.1 Å². The summed E-state index contributed by atoms with van der Waals surface area (Å²) in [4.78, 5) is 0. The van der Waals surface area contributed by atoms with E-state index in [0.717, 1.165) is 6.07 Å². The van der Waals surface area contributed by atoms with Gasteiger partial charge in [-0.15, -0.1) is 0 Å². The Kier molecular flexibility index (Phi) is 3.39. The van der Waals surface area contributed by atoms with Crippen LogP contribution in [0.3, 0.4) is 0 Å². The summed E-state index contributed by atoms with van der Waals surface area (Å²) in [6.07, 6.45) is -4.30. The van der Waals surface area contributed by atoms with Gasteiger partial charge in [0.1, 0.15) is 17.2 Å². The van der Waals surface area contributed by atoms with Crippen LogP contribution in [0.15, 0.2) is 18.2 Å². The number of rotatable bonds is 0. The highest BCUT2D eigenvalue weighted by Crippen LogP contribution is 2.50. The molecule has 21 heavy (non-hydrogen) atoms. The fraction of sp³-hybridized carbons (Fsp3) is 0.600. The predicted octanol–water partition coefficient (Wildman–Crippen LogP) is 4.13. The number of aliphatic hydroxyl groups is 1. The van der Waals surface area contributed by atoms with E-state index in [1.54, 1.807) is 0 Å². The number of alkyl halides is 3. The van der Waals surface area contributed by atoms with Gasteiger partial charge >= 0.3 is 6.18 Å². The summed E-state index contributed by atoms with van der Waals surface area (Å²) >= 11 is 0. The minimum Gasteiger partial charge on any atom is -0.487 e. The highest BCUT2D eigenvalue weighted by molar-refractivity contribution is 5.38. The van der Waals surface area contributed by atoms with Crippen LogP contribution < -0.4 is 4.74 Å². The molecule has 6 heteroatoms. The van der Waals surface area contributed by atoms with E-state index in [-0.39, 0.29) is 25.0 Å². The first-order valence-electron chi connectivity index (χ1n) is 7.02. The van der Waals surface area contributed by atoms with Gasteiger partial charge in [0.15, 0.2) is 0 Å². The molecule has 1 spiro atoms. The van der Waals surface area contributed by atoms with Gasteiger partial charge in [0.25, 0.3) is 0 Å². The standard InChI is InChI=1S/C15H16F4O2/c16-10-3-4-11-12(20)8-14(21-13(11)6-10)5-1-2-9(7-14)15(17,18)19/h3-4,6,9,12,20H,1-2,5,7-8H2/t9?,12-,14?/m1/s1. The number of hydrogen-bond acceptors (Lipinski definition) is 2. The van der Waals surface area contributed by atoms with Gasteiger partial charge in [-0.2, -0.15) is 13.2 Å². The van der Waals surface area contributed by atoms with E-state index in [0.29, 0.717) is 18.4 Å². The molecule has 1 fully saturated rings. The lowest BCUT2D eigenvalue weighted by molar-refractivity contribution is -0.201. The molecule has 2 unspecified atom stereocenters. The van der Waals surface area contributed by atoms with Crippen molar-refractivity contribution in [3.63, 3.8) is 0 Å². The van der Waals surface area contributed by atoms with Crippen LogP contribution in [0.5, 0.6) is 5.75 Å². The first-order valence-corrected chi connectivity index (χ1v) is 7.02. The van der Waals surface area contributed by atoms with Crippen LogP contribution in [0.1, 0.15) is 43.8 Å². The van der Waals surface area contributed by atoms with Gasteiger partial charge in [-0.05, 0) is 37.8 Å². The lowest BCUT2D eigenvalue weighted by atomic mass is 9.73. The van der Waals surface area contributed by atoms with Gasteiger partial charge in [-0.3, -0.25) is 0 Å². The van der Waals surface area contributed by atoms with Gasteiger partial charge in [-0.25, -0.2) is 4.39 Å². The van der Waals surface area contributed by atoms with Crippen LogP contribution in [-0.2, 0) is 0 Å². The second kappa shape index (κ2) is 4.87. The molecule has 1 saturated carbocycles. The van der Waals surface area contributed by atoms with Crippen molar-refractivity contribution in [2.45, 2.75) is 50.0 Å². The van der Waals surface area contributed by atoms with Gasteiger partial charge in [0.05, 0.1) is 12.0 Å². The van der Waals surface area contributed by atoms with Crippen molar-refractivity contribution in [3.05, 3.63) is 29.6 Å². The van der Waals surface area contributed by atoms with E-state index >= 15 is 0 Å². The Morgan fingerprint density at radius 2 is 2.00 bits per heavy atom. The smallest absolute Gasteiger partial charge is 0.391 e. The third-order valence-corrected chi connectivity index (χ3v) is 4.49. The Balaban J connectivity index is 1.90. The molecule has 116 valence electrons. The van der Waals surface area contributed by atoms with Crippen molar-refractivity contribution in [3.8, 4) is 5.75 Å². The van der Waals surface area contributed by atoms with Crippen molar-refractivity contribution < 1.29 is 27.4 Å². The van der Waals surface area contributed by atoms with Crippen LogP contribution in [0.4, 0.5) is 17.6 Å². The largest absolute Gasteiger partial charge is 0.487 e. The van der Waals surface area contributed by atoms with Crippen LogP contribution in [-0.4, -0.2) is 16.9 Å². The number of benzene rings is 1. The molecule has 1 aliphatic heterocycles. The van der Waals surface area contributed by atoms with E-state index in [9.17, 15) is 22.7 Å². The Morgan fingerprint density at radius 3 is 2.71 bits per heavy atom. The molecule has 1 aromatic carbocycles. The van der Waals surface area contributed by atoms with E-state index in [1.807, 2.05) is 0 Å². The summed E-state index contributed by atoms with van der Waals surface area (Å²) in [7, 11) is 0. The number of halogens is 4. The highest BCUT2D eigenvalue weighted by Gasteiger charge is 2.51. The topological polar surface area (TPSA) is 29.5 Å². The molecule has 2 aliphatic rings. The SMILES string of the molecule is O[C@@H]1CC2(CCCC(C(F)(F)F)C2)Oc2cc(F)ccc21. The molecular weight excluding hydrogens is 288 g/mol. The summed E-state index contributed by atoms with van der Waals surface area (Å²) in [6, 6.07) is 3.77. The lowest BCUT2D eigenvalue weighted by Crippen LogP contribution is -2.47. The third kappa shape index (κ3) is 2.73. The summed E-state index contributed by atoms with van der Waals surface area (Å²) in [5.74, 6) is -1.79. The predicted molar refractivity (Wildman–Crippen MR) is 67.3 cm³/mol. The number of fused-ring (bicyclic) bond motifs is 1. The molecule has 1 heterocycles. The average molecular weight is 304 g/mol. The average Bonchev–Trinajstić information content (AvgIpc) is 2.36. The second-order valence-corrected chi connectivity index (χ2v) is 6.02. The Labute approximate surface area is 119 Å². The van der Waals surface area contributed by atoms with E-state index in [2.05, 4.69) is 0 Å². The van der Waals surface area contributed by atoms with E-state index < -0.39 is 29.6 Å². The molecule has 0 radical (unpaired) electrons. The highest BCUT2D eigenvalue weighted by atomic mass is 19.4. The number of hydrogen-bond donors (Lipinski definition) is 1. The van der Waals surface area contributed by atoms with Gasteiger partial charge in [0.2, 0.25) is 0 Å². The van der Waals surface area contributed by atoms with Crippen LogP contribution in [0.2, 0.25) is 0 Å². The lowest BCUT2D eigenvalue weighted by Gasteiger charge is -2.45. The zero-order valence-electron chi connectivity index (χ0n) is 11.3. The maximum atomic E-state index is 13.3. The molecule has 3 rings (SSSR count). The van der Waals surface area contributed by atoms with Crippen molar-refractivity contribution in [2.24, 2.45) is 5.92 Å². The van der Waals surface area contributed by atoms with Gasteiger partial charge < -0.3 is 9.84 Å². The first-order chi connectivity index (χ1) is 9.79. The second-order valence-electron chi connectivity index (χ2n) is 6.02. The van der Waals surface area contributed by atoms with Crippen LogP contribution >= 0.6 is 0 Å². The maximum Gasteiger partial charge on any atom is 0.391 e. The molecule has 0 aromatic heterocycles. The first kappa shape index (κ1) is 14.6. The fourth-order valence-corrected chi connectivity index (χ4v) is 3.49. The van der Waals surface area contributed by atoms with Gasteiger partial charge in [0, 0.05) is 18.1 Å². The molecule has 2 nitrogen and oxygen atoms in total. The van der Waals surface area contributed by atoms with E-state index in [4.69, 9.17) is 4.74 Å². The minimum absolute atomic E-state index is 0.0840. The Hall–Kier alpha value is -1.30. The van der Waals surface area contributed by atoms with Crippen molar-refractivity contribution in [1.82, 2.24) is 0 Å². The molecule has 0 bridgehead atoms. The molecule has 3 atom stereocenters. The van der Waals surface area contributed by atoms with Crippen LogP contribution in [0.25, 0.3) is 0 Å². The zero-order valence-corrected chi connectivity index (χ0v) is 11.3. The number of aliphatic hydroxyl groups excluding tert-OH is 1. The quantitative estimate of drug-likeness (QED) is 0.730. The molecule has 0 amide bonds. The number of ether oxygens (including phenoxy) is 1. The molecule has 0 saturated heterocycles. The fourth-order valence-electron chi connectivity index (χ4n) is 3.49. The van der Waals surface area contributed by atoms with Gasteiger partial charge in [-0.1, -0.05) is 0 Å². The third-order valence-electron chi connectivity index (χ3n) is 4.49. The minimum atomic E-state index is -4.26. The Morgan fingerprint density at radius 1 is 1.24 bits per heavy atom. The maximum absolute atomic E-state index is 13.3. The summed E-state index contributed by atoms with van der Waals surface area (Å²) in [5.41, 5.74) is -0.602. The summed E-state index contributed by atoms with van der Waals surface area (Å²) in [5, 5.41) is 10.2. The molecular formula is C15H16F4O2.